The first kappa shape index (κ1) is 12.8. The van der Waals surface area contributed by atoms with Crippen LogP contribution in [0, 0.1) is 13.8 Å². The first-order chi connectivity index (χ1) is 8.24. The number of aryl methyl sites for hydroxylation is 2. The van der Waals surface area contributed by atoms with Crippen LogP contribution in [0.15, 0.2) is 22.2 Å². The Morgan fingerprint density at radius 1 is 1.24 bits per heavy atom. The Labute approximate surface area is 112 Å². The van der Waals surface area contributed by atoms with E-state index in [1.165, 1.54) is 28.0 Å². The Morgan fingerprint density at radius 2 is 2.06 bits per heavy atom. The van der Waals surface area contributed by atoms with Crippen LogP contribution < -0.4 is 5.32 Å². The van der Waals surface area contributed by atoms with Gasteiger partial charge in [-0.3, -0.25) is 0 Å². The molecular formula is C14H19NS2. The van der Waals surface area contributed by atoms with Gasteiger partial charge < -0.3 is 5.32 Å². The first-order valence-corrected chi connectivity index (χ1v) is 7.86. The molecule has 0 radical (unpaired) electrons. The van der Waals surface area contributed by atoms with Gasteiger partial charge in [0, 0.05) is 4.88 Å². The Balaban J connectivity index is 2.32. The van der Waals surface area contributed by atoms with Crippen molar-refractivity contribution in [1.29, 1.82) is 0 Å². The second kappa shape index (κ2) is 5.80. The molecule has 1 N–H and O–H groups in total. The molecule has 1 unspecified atom stereocenters. The van der Waals surface area contributed by atoms with Gasteiger partial charge in [-0.25, -0.2) is 0 Å². The molecule has 17 heavy (non-hydrogen) atoms. The van der Waals surface area contributed by atoms with Crippen molar-refractivity contribution in [2.45, 2.75) is 33.2 Å². The summed E-state index contributed by atoms with van der Waals surface area (Å²) in [5, 5.41) is 10.4. The van der Waals surface area contributed by atoms with Gasteiger partial charge >= 0.3 is 0 Å². The normalized spacial score (nSPS) is 12.9. The lowest BCUT2D eigenvalue weighted by atomic mass is 9.99. The fraction of sp³-hybridized carbons (Fsp3) is 0.429. The third-order valence-corrected chi connectivity index (χ3v) is 4.76. The Kier molecular flexibility index (Phi) is 4.37. The molecule has 0 amide bonds. The zero-order chi connectivity index (χ0) is 12.3. The maximum Gasteiger partial charge on any atom is 0.0598 e. The van der Waals surface area contributed by atoms with Gasteiger partial charge in [0.1, 0.15) is 0 Å². The van der Waals surface area contributed by atoms with Crippen LogP contribution in [0.1, 0.15) is 41.0 Å². The summed E-state index contributed by atoms with van der Waals surface area (Å²) in [4.78, 5) is 1.42. The molecule has 0 spiro atoms. The predicted molar refractivity (Wildman–Crippen MR) is 78.2 cm³/mol. The third-order valence-electron chi connectivity index (χ3n) is 3.01. The summed E-state index contributed by atoms with van der Waals surface area (Å²) >= 11 is 3.63. The molecule has 2 rings (SSSR count). The summed E-state index contributed by atoms with van der Waals surface area (Å²) in [6.45, 7) is 7.69. The average Bonchev–Trinajstić information content (AvgIpc) is 2.90. The van der Waals surface area contributed by atoms with Crippen molar-refractivity contribution in [3.05, 3.63) is 43.8 Å². The van der Waals surface area contributed by atoms with E-state index >= 15 is 0 Å². The highest BCUT2D eigenvalue weighted by molar-refractivity contribution is 7.10. The van der Waals surface area contributed by atoms with Gasteiger partial charge in [0.15, 0.2) is 0 Å². The Bertz CT molecular complexity index is 430. The van der Waals surface area contributed by atoms with Gasteiger partial charge in [0.05, 0.1) is 6.04 Å². The van der Waals surface area contributed by atoms with Crippen molar-refractivity contribution < 1.29 is 0 Å². The molecule has 2 aromatic heterocycles. The van der Waals surface area contributed by atoms with E-state index in [9.17, 15) is 0 Å². The number of thiophene rings is 2. The van der Waals surface area contributed by atoms with Crippen LogP contribution in [0.5, 0.6) is 0 Å². The minimum atomic E-state index is 0.368. The summed E-state index contributed by atoms with van der Waals surface area (Å²) in [6.07, 6.45) is 1.17. The van der Waals surface area contributed by atoms with Gasteiger partial charge in [-0.1, -0.05) is 6.92 Å². The standard InChI is InChI=1S/C14H19NS2/c1-4-6-15-14(12-5-7-17-11(12)3)13-9-16-8-10(13)2/h5,7-9,14-15H,4,6H2,1-3H3. The summed E-state index contributed by atoms with van der Waals surface area (Å²) in [7, 11) is 0. The number of nitrogens with one attached hydrogen (secondary N) is 1. The maximum atomic E-state index is 3.67. The van der Waals surface area contributed by atoms with Crippen molar-refractivity contribution in [2.75, 3.05) is 6.54 Å². The third kappa shape index (κ3) is 2.79. The number of hydrogen-bond acceptors (Lipinski definition) is 3. The summed E-state index contributed by atoms with van der Waals surface area (Å²) < 4.78 is 0. The van der Waals surface area contributed by atoms with Gasteiger partial charge in [0.2, 0.25) is 0 Å². The molecule has 0 saturated heterocycles. The molecule has 0 saturated carbocycles. The molecule has 1 atom stereocenters. The van der Waals surface area contributed by atoms with Crippen molar-refractivity contribution in [3.63, 3.8) is 0 Å². The molecular weight excluding hydrogens is 246 g/mol. The van der Waals surface area contributed by atoms with Gasteiger partial charge in [-0.2, -0.15) is 11.3 Å². The smallest absolute Gasteiger partial charge is 0.0598 e. The van der Waals surface area contributed by atoms with Crippen LogP contribution in [0.25, 0.3) is 0 Å². The fourth-order valence-electron chi connectivity index (χ4n) is 2.04. The molecule has 0 aliphatic heterocycles. The van der Waals surface area contributed by atoms with E-state index in [0.29, 0.717) is 6.04 Å². The van der Waals surface area contributed by atoms with E-state index in [0.717, 1.165) is 6.54 Å². The van der Waals surface area contributed by atoms with Crippen LogP contribution in [0.4, 0.5) is 0 Å². The molecule has 0 fully saturated rings. The van der Waals surface area contributed by atoms with Crippen LogP contribution in [0.3, 0.4) is 0 Å². The minimum absolute atomic E-state index is 0.368. The molecule has 92 valence electrons. The van der Waals surface area contributed by atoms with Crippen molar-refractivity contribution >= 4 is 22.7 Å². The van der Waals surface area contributed by atoms with E-state index in [-0.39, 0.29) is 0 Å². The largest absolute Gasteiger partial charge is 0.306 e. The lowest BCUT2D eigenvalue weighted by Gasteiger charge is -2.19. The predicted octanol–water partition coefficient (Wildman–Crippen LogP) is 4.52. The second-order valence-corrected chi connectivity index (χ2v) is 6.19. The SMILES string of the molecule is CCCNC(c1cscc1C)c1ccsc1C. The van der Waals surface area contributed by atoms with Crippen LogP contribution in [-0.2, 0) is 0 Å². The second-order valence-electron chi connectivity index (χ2n) is 4.33. The lowest BCUT2D eigenvalue weighted by Crippen LogP contribution is -2.23. The summed E-state index contributed by atoms with van der Waals surface area (Å²) in [5.41, 5.74) is 4.27. The van der Waals surface area contributed by atoms with E-state index in [1.54, 1.807) is 11.3 Å². The Morgan fingerprint density at radius 3 is 2.59 bits per heavy atom. The fourth-order valence-corrected chi connectivity index (χ4v) is 3.65. The highest BCUT2D eigenvalue weighted by Gasteiger charge is 2.18. The van der Waals surface area contributed by atoms with Crippen LogP contribution in [0.2, 0.25) is 0 Å². The topological polar surface area (TPSA) is 12.0 Å². The zero-order valence-corrected chi connectivity index (χ0v) is 12.3. The quantitative estimate of drug-likeness (QED) is 0.838. The minimum Gasteiger partial charge on any atom is -0.306 e. The molecule has 2 heterocycles. The molecule has 3 heteroatoms. The molecule has 0 aliphatic rings. The van der Waals surface area contributed by atoms with Crippen LogP contribution in [-0.4, -0.2) is 6.54 Å². The van der Waals surface area contributed by atoms with Gasteiger partial charge in [-0.05, 0) is 65.7 Å². The zero-order valence-electron chi connectivity index (χ0n) is 10.6. The highest BCUT2D eigenvalue weighted by atomic mass is 32.1. The number of rotatable bonds is 5. The lowest BCUT2D eigenvalue weighted by molar-refractivity contribution is 0.597. The van der Waals surface area contributed by atoms with E-state index < -0.39 is 0 Å². The number of hydrogen-bond donors (Lipinski definition) is 1. The maximum absolute atomic E-state index is 3.67. The molecule has 2 aromatic rings. The summed E-state index contributed by atoms with van der Waals surface area (Å²) in [5.74, 6) is 0. The molecule has 0 aromatic carbocycles. The van der Waals surface area contributed by atoms with E-state index in [4.69, 9.17) is 0 Å². The Hall–Kier alpha value is -0.640. The van der Waals surface area contributed by atoms with E-state index in [1.807, 2.05) is 11.3 Å². The molecule has 0 bridgehead atoms. The first-order valence-electron chi connectivity index (χ1n) is 6.04. The monoisotopic (exact) mass is 265 g/mol. The van der Waals surface area contributed by atoms with Crippen molar-refractivity contribution in [1.82, 2.24) is 5.32 Å². The molecule has 0 aliphatic carbocycles. The molecule has 1 nitrogen and oxygen atoms in total. The van der Waals surface area contributed by atoms with Crippen molar-refractivity contribution in [3.8, 4) is 0 Å². The summed E-state index contributed by atoms with van der Waals surface area (Å²) in [6, 6.07) is 2.62. The van der Waals surface area contributed by atoms with Crippen LogP contribution >= 0.6 is 22.7 Å². The van der Waals surface area contributed by atoms with Gasteiger partial charge in [-0.15, -0.1) is 11.3 Å². The van der Waals surface area contributed by atoms with Gasteiger partial charge in [0.25, 0.3) is 0 Å². The highest BCUT2D eigenvalue weighted by Crippen LogP contribution is 2.31. The van der Waals surface area contributed by atoms with E-state index in [2.05, 4.69) is 48.3 Å². The van der Waals surface area contributed by atoms with Crippen molar-refractivity contribution in [2.24, 2.45) is 0 Å². The average molecular weight is 265 g/mol.